The number of hydrogen-bond donors (Lipinski definition) is 3. The van der Waals surface area contributed by atoms with Crippen LogP contribution in [0.15, 0.2) is 41.8 Å². The summed E-state index contributed by atoms with van der Waals surface area (Å²) >= 11 is 7.19. The monoisotopic (exact) mass is 320 g/mol. The summed E-state index contributed by atoms with van der Waals surface area (Å²) in [4.78, 5) is 2.77. The molecule has 0 spiro atoms. The van der Waals surface area contributed by atoms with E-state index in [-0.39, 0.29) is 0 Å². The Bertz CT molecular complexity index is 579. The molecule has 2 rings (SSSR count). The normalized spacial score (nSPS) is 12.2. The van der Waals surface area contributed by atoms with Gasteiger partial charge in [0.05, 0.1) is 25.5 Å². The molecule has 3 nitrogen and oxygen atoms in total. The molecule has 0 aliphatic carbocycles. The van der Waals surface area contributed by atoms with Crippen LogP contribution in [0.1, 0.15) is 16.5 Å². The van der Waals surface area contributed by atoms with Crippen molar-refractivity contribution in [1.82, 2.24) is 5.32 Å². The molecule has 0 radical (unpaired) electrons. The van der Waals surface area contributed by atoms with Crippen molar-refractivity contribution >= 4 is 34.4 Å². The fourth-order valence-corrected chi connectivity index (χ4v) is 3.30. The Kier molecular flexibility index (Phi) is 5.73. The Labute approximate surface area is 136 Å². The zero-order valence-corrected chi connectivity index (χ0v) is 14.3. The molecule has 1 aromatic heterocycles. The summed E-state index contributed by atoms with van der Waals surface area (Å²) in [6.45, 7) is 2.89. The van der Waals surface area contributed by atoms with Crippen LogP contribution in [0, 0.1) is 6.92 Å². The molecule has 5 heteroatoms. The number of aryl methyl sites for hydroxylation is 1. The third kappa shape index (κ3) is 4.52. The third-order valence-electron chi connectivity index (χ3n) is 3.44. The van der Waals surface area contributed by atoms with Crippen LogP contribution in [0.3, 0.4) is 0 Å². The maximum Gasteiger partial charge on any atom is 0.171 e. The first kappa shape index (κ1) is 15.9. The average Bonchev–Trinajstić information content (AvgIpc) is 2.95. The van der Waals surface area contributed by atoms with Crippen molar-refractivity contribution in [2.75, 3.05) is 26.0 Å². The minimum absolute atomic E-state index is 0.404. The molecule has 0 aliphatic rings. The van der Waals surface area contributed by atoms with Gasteiger partial charge in [-0.2, -0.15) is 0 Å². The van der Waals surface area contributed by atoms with Crippen LogP contribution >= 0.6 is 23.6 Å². The first-order valence-corrected chi connectivity index (χ1v) is 8.30. The fourth-order valence-electron chi connectivity index (χ4n) is 2.15. The Morgan fingerprint density at radius 1 is 1.24 bits per heavy atom. The van der Waals surface area contributed by atoms with E-state index in [9.17, 15) is 0 Å². The van der Waals surface area contributed by atoms with Gasteiger partial charge in [0.2, 0.25) is 0 Å². The quantitative estimate of drug-likeness (QED) is 0.738. The zero-order chi connectivity index (χ0) is 15.2. The van der Waals surface area contributed by atoms with Gasteiger partial charge in [-0.05, 0) is 42.2 Å². The van der Waals surface area contributed by atoms with Crippen molar-refractivity contribution in [2.24, 2.45) is 0 Å². The minimum atomic E-state index is 0.404. The molecular weight excluding hydrogens is 298 g/mol. The van der Waals surface area contributed by atoms with Gasteiger partial charge >= 0.3 is 0 Å². The van der Waals surface area contributed by atoms with Crippen LogP contribution in [0.2, 0.25) is 0 Å². The molecule has 2 aromatic rings. The third-order valence-corrected chi connectivity index (χ3v) is 4.68. The summed E-state index contributed by atoms with van der Waals surface area (Å²) < 4.78 is 0. The summed E-state index contributed by atoms with van der Waals surface area (Å²) in [6.07, 6.45) is 0. The van der Waals surface area contributed by atoms with E-state index in [0.29, 0.717) is 11.2 Å². The maximum atomic E-state index is 5.40. The van der Waals surface area contributed by atoms with Crippen molar-refractivity contribution in [2.45, 2.75) is 13.0 Å². The Morgan fingerprint density at radius 2 is 2.00 bits per heavy atom. The highest BCUT2D eigenvalue weighted by atomic mass is 32.1. The first-order chi connectivity index (χ1) is 10.1. The summed E-state index contributed by atoms with van der Waals surface area (Å²) in [5.74, 6) is 0. The number of thiophene rings is 1. The van der Waals surface area contributed by atoms with Crippen LogP contribution in [0.5, 0.6) is 0 Å². The SMILES string of the molecule is Cc1ccccc1NC(=S)NC[C@@H](c1cccs1)[NH+](C)C. The predicted octanol–water partition coefficient (Wildman–Crippen LogP) is 2.23. The van der Waals surface area contributed by atoms with Crippen molar-refractivity contribution in [1.29, 1.82) is 0 Å². The van der Waals surface area contributed by atoms with Gasteiger partial charge in [0.15, 0.2) is 5.11 Å². The molecule has 0 bridgehead atoms. The van der Waals surface area contributed by atoms with Crippen molar-refractivity contribution in [3.63, 3.8) is 0 Å². The minimum Gasteiger partial charge on any atom is -0.356 e. The second-order valence-electron chi connectivity index (χ2n) is 5.30. The lowest BCUT2D eigenvalue weighted by molar-refractivity contribution is -0.890. The number of benzene rings is 1. The summed E-state index contributed by atoms with van der Waals surface area (Å²) in [5, 5.41) is 9.39. The highest BCUT2D eigenvalue weighted by molar-refractivity contribution is 7.80. The maximum absolute atomic E-state index is 5.40. The van der Waals surface area contributed by atoms with Crippen molar-refractivity contribution in [3.8, 4) is 0 Å². The number of nitrogens with one attached hydrogen (secondary N) is 3. The molecule has 0 aliphatic heterocycles. The van der Waals surface area contributed by atoms with Crippen LogP contribution in [0.4, 0.5) is 5.69 Å². The van der Waals surface area contributed by atoms with Gasteiger partial charge in [0, 0.05) is 5.69 Å². The molecule has 112 valence electrons. The summed E-state index contributed by atoms with van der Waals surface area (Å²) in [7, 11) is 4.34. The van der Waals surface area contributed by atoms with Crippen molar-refractivity contribution in [3.05, 3.63) is 52.2 Å². The second kappa shape index (κ2) is 7.54. The molecule has 0 saturated carbocycles. The van der Waals surface area contributed by atoms with Crippen LogP contribution in [0.25, 0.3) is 0 Å². The Morgan fingerprint density at radius 3 is 2.62 bits per heavy atom. The molecule has 1 atom stereocenters. The number of likely N-dealkylation sites (N-methyl/N-ethyl adjacent to an activating group) is 1. The van der Waals surface area contributed by atoms with Gasteiger partial charge in [-0.25, -0.2) is 0 Å². The van der Waals surface area contributed by atoms with E-state index in [2.05, 4.69) is 55.2 Å². The number of quaternary nitrogens is 1. The van der Waals surface area contributed by atoms with Gasteiger partial charge < -0.3 is 15.5 Å². The molecule has 0 fully saturated rings. The highest BCUT2D eigenvalue weighted by Crippen LogP contribution is 2.16. The Hall–Kier alpha value is -1.43. The van der Waals surface area contributed by atoms with E-state index in [0.717, 1.165) is 12.2 Å². The molecule has 0 unspecified atom stereocenters. The van der Waals surface area contributed by atoms with Crippen LogP contribution in [-0.4, -0.2) is 25.8 Å². The van der Waals surface area contributed by atoms with Gasteiger partial charge in [-0.1, -0.05) is 24.3 Å². The van der Waals surface area contributed by atoms with E-state index < -0.39 is 0 Å². The molecule has 1 aromatic carbocycles. The van der Waals surface area contributed by atoms with Crippen LogP contribution in [-0.2, 0) is 0 Å². The lowest BCUT2D eigenvalue weighted by Gasteiger charge is -2.22. The van der Waals surface area contributed by atoms with Gasteiger partial charge in [-0.15, -0.1) is 11.3 Å². The Balaban J connectivity index is 1.92. The van der Waals surface area contributed by atoms with Gasteiger partial charge in [0.25, 0.3) is 0 Å². The number of anilines is 1. The zero-order valence-electron chi connectivity index (χ0n) is 12.6. The standard InChI is InChI=1S/C16H21N3S2/c1-12-7-4-5-8-13(12)18-16(20)17-11-14(19(2)3)15-9-6-10-21-15/h4-10,14H,11H2,1-3H3,(H2,17,18,20)/p+1/t14-/m0/s1. The molecule has 1 heterocycles. The number of thiocarbonyl (C=S) groups is 1. The lowest BCUT2D eigenvalue weighted by Crippen LogP contribution is -3.06. The summed E-state index contributed by atoms with van der Waals surface area (Å²) in [6, 6.07) is 12.8. The van der Waals surface area contributed by atoms with Gasteiger partial charge in [-0.3, -0.25) is 0 Å². The van der Waals surface area contributed by atoms with Crippen LogP contribution < -0.4 is 15.5 Å². The van der Waals surface area contributed by atoms with E-state index in [1.54, 1.807) is 11.3 Å². The lowest BCUT2D eigenvalue weighted by atomic mass is 10.2. The number of hydrogen-bond acceptors (Lipinski definition) is 2. The van der Waals surface area contributed by atoms with E-state index >= 15 is 0 Å². The van der Waals surface area contributed by atoms with E-state index in [4.69, 9.17) is 12.2 Å². The average molecular weight is 321 g/mol. The first-order valence-electron chi connectivity index (χ1n) is 7.02. The molecule has 0 amide bonds. The van der Waals surface area contributed by atoms with Gasteiger partial charge in [0.1, 0.15) is 6.04 Å². The molecule has 21 heavy (non-hydrogen) atoms. The highest BCUT2D eigenvalue weighted by Gasteiger charge is 2.18. The van der Waals surface area contributed by atoms with E-state index in [1.807, 2.05) is 18.2 Å². The molecular formula is C16H22N3S2+. The number of para-hydroxylation sites is 1. The fraction of sp³-hybridized carbons (Fsp3) is 0.312. The van der Waals surface area contributed by atoms with Crippen molar-refractivity contribution < 1.29 is 4.90 Å². The smallest absolute Gasteiger partial charge is 0.171 e. The second-order valence-corrected chi connectivity index (χ2v) is 6.68. The predicted molar refractivity (Wildman–Crippen MR) is 95.3 cm³/mol. The molecule has 0 saturated heterocycles. The topological polar surface area (TPSA) is 28.5 Å². The largest absolute Gasteiger partial charge is 0.356 e. The molecule has 3 N–H and O–H groups in total. The van der Waals surface area contributed by atoms with E-state index in [1.165, 1.54) is 15.3 Å². The number of rotatable bonds is 5. The summed E-state index contributed by atoms with van der Waals surface area (Å²) in [5.41, 5.74) is 2.24.